The molecule has 0 amide bonds. The molecule has 1 aliphatic rings. The van der Waals surface area contributed by atoms with Crippen molar-refractivity contribution in [3.63, 3.8) is 0 Å². The van der Waals surface area contributed by atoms with Crippen LogP contribution >= 0.6 is 0 Å². The number of hydrogen-bond donors (Lipinski definition) is 1. The van der Waals surface area contributed by atoms with Crippen molar-refractivity contribution >= 4 is 0 Å². The van der Waals surface area contributed by atoms with E-state index in [1.54, 1.807) is 0 Å². The van der Waals surface area contributed by atoms with Gasteiger partial charge in [-0.05, 0) is 24.8 Å². The molecular formula is C11H25NO. The second-order valence-corrected chi connectivity index (χ2v) is 3.55. The van der Waals surface area contributed by atoms with Crippen LogP contribution in [0.5, 0.6) is 0 Å². The fourth-order valence-electron chi connectivity index (χ4n) is 1.63. The number of ether oxygens (including phenoxy) is 1. The summed E-state index contributed by atoms with van der Waals surface area (Å²) in [4.78, 5) is 0. The standard InChI is InChI=1S/C9H19NO.C2H6/c1-3-10-5-9-4-8(2)6-11-7-9;1-2/h8-10H,3-7H2,1-2H3;1-2H3. The van der Waals surface area contributed by atoms with Gasteiger partial charge < -0.3 is 10.1 Å². The molecule has 1 rings (SSSR count). The minimum absolute atomic E-state index is 0.749. The van der Waals surface area contributed by atoms with Gasteiger partial charge in [-0.15, -0.1) is 0 Å². The summed E-state index contributed by atoms with van der Waals surface area (Å²) in [5.74, 6) is 1.51. The summed E-state index contributed by atoms with van der Waals surface area (Å²) in [6, 6.07) is 0. The molecule has 2 heteroatoms. The van der Waals surface area contributed by atoms with E-state index in [0.29, 0.717) is 0 Å². The Labute approximate surface area is 83.1 Å². The summed E-state index contributed by atoms with van der Waals surface area (Å²) in [6.45, 7) is 12.5. The Bertz CT molecular complexity index is 106. The van der Waals surface area contributed by atoms with Gasteiger partial charge in [0.05, 0.1) is 6.61 Å². The third-order valence-corrected chi connectivity index (χ3v) is 2.17. The fraction of sp³-hybridized carbons (Fsp3) is 1.00. The smallest absolute Gasteiger partial charge is 0.0506 e. The van der Waals surface area contributed by atoms with Gasteiger partial charge in [-0.3, -0.25) is 0 Å². The maximum atomic E-state index is 5.45. The predicted octanol–water partition coefficient (Wildman–Crippen LogP) is 2.29. The Morgan fingerprint density at radius 3 is 2.54 bits per heavy atom. The van der Waals surface area contributed by atoms with Crippen LogP contribution in [0.1, 0.15) is 34.1 Å². The second-order valence-electron chi connectivity index (χ2n) is 3.55. The van der Waals surface area contributed by atoms with Gasteiger partial charge in [0.15, 0.2) is 0 Å². The number of rotatable bonds is 3. The van der Waals surface area contributed by atoms with Gasteiger partial charge in [0.2, 0.25) is 0 Å². The van der Waals surface area contributed by atoms with E-state index in [1.165, 1.54) is 6.42 Å². The summed E-state index contributed by atoms with van der Waals surface area (Å²) in [6.07, 6.45) is 1.33. The Morgan fingerprint density at radius 2 is 2.00 bits per heavy atom. The minimum Gasteiger partial charge on any atom is -0.381 e. The molecule has 2 unspecified atom stereocenters. The molecule has 0 aromatic rings. The maximum Gasteiger partial charge on any atom is 0.0506 e. The zero-order valence-electron chi connectivity index (χ0n) is 9.60. The highest BCUT2D eigenvalue weighted by atomic mass is 16.5. The second kappa shape index (κ2) is 8.52. The van der Waals surface area contributed by atoms with E-state index in [1.807, 2.05) is 13.8 Å². The van der Waals surface area contributed by atoms with Gasteiger partial charge in [0.25, 0.3) is 0 Å². The lowest BCUT2D eigenvalue weighted by Gasteiger charge is -2.26. The molecule has 0 aromatic heterocycles. The Kier molecular flexibility index (Phi) is 8.46. The Hall–Kier alpha value is -0.0800. The van der Waals surface area contributed by atoms with Crippen LogP contribution in [-0.4, -0.2) is 26.3 Å². The average molecular weight is 187 g/mol. The van der Waals surface area contributed by atoms with E-state index < -0.39 is 0 Å². The molecule has 1 fully saturated rings. The molecular weight excluding hydrogens is 162 g/mol. The van der Waals surface area contributed by atoms with Crippen molar-refractivity contribution in [2.45, 2.75) is 34.1 Å². The molecule has 0 aromatic carbocycles. The van der Waals surface area contributed by atoms with Crippen molar-refractivity contribution < 1.29 is 4.74 Å². The molecule has 13 heavy (non-hydrogen) atoms. The summed E-state index contributed by atoms with van der Waals surface area (Å²) in [5, 5.41) is 3.36. The largest absolute Gasteiger partial charge is 0.381 e. The summed E-state index contributed by atoms with van der Waals surface area (Å²) in [5.41, 5.74) is 0. The molecule has 2 atom stereocenters. The highest BCUT2D eigenvalue weighted by Gasteiger charge is 2.18. The van der Waals surface area contributed by atoms with E-state index in [4.69, 9.17) is 4.74 Å². The topological polar surface area (TPSA) is 21.3 Å². The Balaban J connectivity index is 0.000000671. The average Bonchev–Trinajstić information content (AvgIpc) is 2.18. The van der Waals surface area contributed by atoms with Gasteiger partial charge in [0.1, 0.15) is 0 Å². The molecule has 0 radical (unpaired) electrons. The van der Waals surface area contributed by atoms with Gasteiger partial charge in [-0.2, -0.15) is 0 Å². The third kappa shape index (κ3) is 6.05. The normalized spacial score (nSPS) is 27.7. The molecule has 1 saturated heterocycles. The van der Waals surface area contributed by atoms with Gasteiger partial charge >= 0.3 is 0 Å². The van der Waals surface area contributed by atoms with Crippen molar-refractivity contribution in [2.75, 3.05) is 26.3 Å². The molecule has 0 aliphatic carbocycles. The van der Waals surface area contributed by atoms with Crippen molar-refractivity contribution in [1.82, 2.24) is 5.32 Å². The highest BCUT2D eigenvalue weighted by molar-refractivity contribution is 4.69. The number of hydrogen-bond acceptors (Lipinski definition) is 2. The van der Waals surface area contributed by atoms with Crippen LogP contribution in [0, 0.1) is 11.8 Å². The molecule has 0 bridgehead atoms. The molecule has 1 heterocycles. The zero-order chi connectivity index (χ0) is 10.1. The zero-order valence-corrected chi connectivity index (χ0v) is 9.60. The van der Waals surface area contributed by atoms with E-state index in [-0.39, 0.29) is 0 Å². The first-order chi connectivity index (χ1) is 6.33. The first-order valence-corrected chi connectivity index (χ1v) is 5.61. The van der Waals surface area contributed by atoms with Crippen molar-refractivity contribution in [1.29, 1.82) is 0 Å². The van der Waals surface area contributed by atoms with Crippen molar-refractivity contribution in [3.8, 4) is 0 Å². The molecule has 0 saturated carbocycles. The van der Waals surface area contributed by atoms with Gasteiger partial charge in [-0.25, -0.2) is 0 Å². The van der Waals surface area contributed by atoms with E-state index in [9.17, 15) is 0 Å². The van der Waals surface area contributed by atoms with Crippen LogP contribution < -0.4 is 5.32 Å². The van der Waals surface area contributed by atoms with Crippen molar-refractivity contribution in [2.24, 2.45) is 11.8 Å². The maximum absolute atomic E-state index is 5.45. The lowest BCUT2D eigenvalue weighted by Crippen LogP contribution is -2.32. The fourth-order valence-corrected chi connectivity index (χ4v) is 1.63. The lowest BCUT2D eigenvalue weighted by atomic mass is 9.94. The van der Waals surface area contributed by atoms with Crippen LogP contribution in [0.3, 0.4) is 0 Å². The third-order valence-electron chi connectivity index (χ3n) is 2.17. The van der Waals surface area contributed by atoms with Gasteiger partial charge in [0, 0.05) is 13.2 Å². The first kappa shape index (κ1) is 12.9. The van der Waals surface area contributed by atoms with E-state index >= 15 is 0 Å². The predicted molar refractivity (Wildman–Crippen MR) is 58.0 cm³/mol. The SMILES string of the molecule is CC.CCNCC1COCC(C)C1. The van der Waals surface area contributed by atoms with Crippen LogP contribution in [0.4, 0.5) is 0 Å². The molecule has 2 nitrogen and oxygen atoms in total. The summed E-state index contributed by atoms with van der Waals surface area (Å²) in [7, 11) is 0. The van der Waals surface area contributed by atoms with Gasteiger partial charge in [-0.1, -0.05) is 27.7 Å². The summed E-state index contributed by atoms with van der Waals surface area (Å²) >= 11 is 0. The van der Waals surface area contributed by atoms with Crippen LogP contribution in [0.25, 0.3) is 0 Å². The van der Waals surface area contributed by atoms with Crippen molar-refractivity contribution in [3.05, 3.63) is 0 Å². The highest BCUT2D eigenvalue weighted by Crippen LogP contribution is 2.17. The summed E-state index contributed by atoms with van der Waals surface area (Å²) < 4.78 is 5.45. The first-order valence-electron chi connectivity index (χ1n) is 5.61. The minimum atomic E-state index is 0.749. The van der Waals surface area contributed by atoms with E-state index in [2.05, 4.69) is 19.2 Å². The van der Waals surface area contributed by atoms with Crippen LogP contribution in [-0.2, 0) is 4.74 Å². The monoisotopic (exact) mass is 187 g/mol. The van der Waals surface area contributed by atoms with E-state index in [0.717, 1.165) is 38.1 Å². The van der Waals surface area contributed by atoms with Crippen LogP contribution in [0.2, 0.25) is 0 Å². The quantitative estimate of drug-likeness (QED) is 0.732. The molecule has 0 spiro atoms. The van der Waals surface area contributed by atoms with Crippen LogP contribution in [0.15, 0.2) is 0 Å². The lowest BCUT2D eigenvalue weighted by molar-refractivity contribution is 0.0216. The number of nitrogens with one attached hydrogen (secondary N) is 1. The molecule has 80 valence electrons. The Morgan fingerprint density at radius 1 is 1.31 bits per heavy atom. The molecule has 1 N–H and O–H groups in total. The molecule has 1 aliphatic heterocycles.